The van der Waals surface area contributed by atoms with Gasteiger partial charge in [-0.15, -0.1) is 0 Å². The Labute approximate surface area is 91.8 Å². The van der Waals surface area contributed by atoms with E-state index in [1.807, 2.05) is 0 Å². The summed E-state index contributed by atoms with van der Waals surface area (Å²) in [6, 6.07) is 0.424. The predicted octanol–water partition coefficient (Wildman–Crippen LogP) is 2.34. The Morgan fingerprint density at radius 1 is 1.20 bits per heavy atom. The Morgan fingerprint density at radius 2 is 2.00 bits per heavy atom. The lowest BCUT2D eigenvalue weighted by Gasteiger charge is -2.28. The number of hydrogen-bond acceptors (Lipinski definition) is 1. The van der Waals surface area contributed by atoms with Gasteiger partial charge in [-0.3, -0.25) is 4.79 Å². The van der Waals surface area contributed by atoms with Gasteiger partial charge < -0.3 is 5.32 Å². The molecule has 0 heterocycles. The van der Waals surface area contributed by atoms with E-state index in [4.69, 9.17) is 0 Å². The molecule has 2 nitrogen and oxygen atoms in total. The molecule has 0 aliphatic heterocycles. The van der Waals surface area contributed by atoms with Gasteiger partial charge in [0.1, 0.15) is 0 Å². The van der Waals surface area contributed by atoms with Crippen LogP contribution < -0.4 is 5.32 Å². The molecule has 0 aromatic rings. The molecule has 84 valence electrons. The van der Waals surface area contributed by atoms with Crippen LogP contribution in [0.5, 0.6) is 0 Å². The third-order valence-electron chi connectivity index (χ3n) is 4.75. The standard InChI is InChI=1S/C13H21NO/c1-8(14-13(15)10-4-5-10)12-7-9-2-3-11(12)6-9/h8-12H,2-7H2,1H3,(H,14,15). The summed E-state index contributed by atoms with van der Waals surface area (Å²) < 4.78 is 0. The Balaban J connectivity index is 1.55. The minimum absolute atomic E-state index is 0.324. The SMILES string of the molecule is CC(NC(=O)C1CC1)C1CC2CCC1C2. The van der Waals surface area contributed by atoms with E-state index in [2.05, 4.69) is 12.2 Å². The van der Waals surface area contributed by atoms with E-state index in [1.54, 1.807) is 0 Å². The third kappa shape index (κ3) is 1.79. The van der Waals surface area contributed by atoms with Crippen LogP contribution in [-0.2, 0) is 4.79 Å². The van der Waals surface area contributed by atoms with Gasteiger partial charge in [0.05, 0.1) is 0 Å². The number of carbonyl (C=O) groups is 1. The van der Waals surface area contributed by atoms with Crippen molar-refractivity contribution in [2.24, 2.45) is 23.7 Å². The first-order valence-corrected chi connectivity index (χ1v) is 6.54. The quantitative estimate of drug-likeness (QED) is 0.756. The maximum absolute atomic E-state index is 11.7. The molecule has 1 N–H and O–H groups in total. The molecule has 0 saturated heterocycles. The highest BCUT2D eigenvalue weighted by atomic mass is 16.2. The molecule has 1 amide bonds. The van der Waals surface area contributed by atoms with Crippen LogP contribution in [0.1, 0.15) is 45.4 Å². The first kappa shape index (κ1) is 9.68. The van der Waals surface area contributed by atoms with Crippen molar-refractivity contribution in [1.82, 2.24) is 5.32 Å². The smallest absolute Gasteiger partial charge is 0.223 e. The first-order chi connectivity index (χ1) is 7.24. The highest BCUT2D eigenvalue weighted by Gasteiger charge is 2.42. The average Bonchev–Trinajstić information content (AvgIpc) is 2.87. The summed E-state index contributed by atoms with van der Waals surface area (Å²) in [6.45, 7) is 2.21. The largest absolute Gasteiger partial charge is 0.353 e. The zero-order valence-electron chi connectivity index (χ0n) is 9.54. The van der Waals surface area contributed by atoms with E-state index in [-0.39, 0.29) is 0 Å². The van der Waals surface area contributed by atoms with Crippen molar-refractivity contribution in [3.8, 4) is 0 Å². The molecule has 3 rings (SSSR count). The summed E-state index contributed by atoms with van der Waals surface area (Å²) in [5.74, 6) is 3.38. The van der Waals surface area contributed by atoms with Gasteiger partial charge in [0.2, 0.25) is 5.91 Å². The molecule has 0 spiro atoms. The van der Waals surface area contributed by atoms with Gasteiger partial charge in [0, 0.05) is 12.0 Å². The molecule has 3 aliphatic carbocycles. The molecule has 0 aromatic carbocycles. The predicted molar refractivity (Wildman–Crippen MR) is 59.3 cm³/mol. The third-order valence-corrected chi connectivity index (χ3v) is 4.75. The maximum atomic E-state index is 11.7. The van der Waals surface area contributed by atoms with Crippen LogP contribution in [0.2, 0.25) is 0 Å². The number of amides is 1. The second-order valence-corrected chi connectivity index (χ2v) is 5.91. The molecule has 0 radical (unpaired) electrons. The number of fused-ring (bicyclic) bond motifs is 2. The topological polar surface area (TPSA) is 29.1 Å². The average molecular weight is 207 g/mol. The van der Waals surface area contributed by atoms with Crippen molar-refractivity contribution in [3.05, 3.63) is 0 Å². The highest BCUT2D eigenvalue weighted by Crippen LogP contribution is 2.49. The van der Waals surface area contributed by atoms with Crippen LogP contribution >= 0.6 is 0 Å². The van der Waals surface area contributed by atoms with Gasteiger partial charge in [0.15, 0.2) is 0 Å². The molecule has 3 fully saturated rings. The van der Waals surface area contributed by atoms with E-state index in [0.29, 0.717) is 17.9 Å². The maximum Gasteiger partial charge on any atom is 0.223 e. The van der Waals surface area contributed by atoms with Crippen molar-refractivity contribution in [3.63, 3.8) is 0 Å². The van der Waals surface area contributed by atoms with Crippen molar-refractivity contribution in [2.75, 3.05) is 0 Å². The Kier molecular flexibility index (Phi) is 2.26. The number of rotatable bonds is 3. The van der Waals surface area contributed by atoms with Gasteiger partial charge in [-0.1, -0.05) is 6.42 Å². The van der Waals surface area contributed by atoms with Gasteiger partial charge in [0.25, 0.3) is 0 Å². The highest BCUT2D eigenvalue weighted by molar-refractivity contribution is 5.81. The van der Waals surface area contributed by atoms with Crippen molar-refractivity contribution in [2.45, 2.75) is 51.5 Å². The van der Waals surface area contributed by atoms with Crippen LogP contribution in [0.4, 0.5) is 0 Å². The monoisotopic (exact) mass is 207 g/mol. The van der Waals surface area contributed by atoms with Crippen LogP contribution in [0.15, 0.2) is 0 Å². The fourth-order valence-electron chi connectivity index (χ4n) is 3.70. The van der Waals surface area contributed by atoms with E-state index >= 15 is 0 Å². The molecule has 2 bridgehead atoms. The second kappa shape index (κ2) is 3.50. The Bertz CT molecular complexity index is 272. The number of carbonyl (C=O) groups excluding carboxylic acids is 1. The summed E-state index contributed by atoms with van der Waals surface area (Å²) in [6.07, 6.45) is 7.92. The van der Waals surface area contributed by atoms with E-state index in [0.717, 1.165) is 30.6 Å². The van der Waals surface area contributed by atoms with Crippen LogP contribution in [-0.4, -0.2) is 11.9 Å². The minimum Gasteiger partial charge on any atom is -0.353 e. The molecular weight excluding hydrogens is 186 g/mol. The van der Waals surface area contributed by atoms with Crippen molar-refractivity contribution >= 4 is 5.91 Å². The van der Waals surface area contributed by atoms with Gasteiger partial charge in [-0.05, 0) is 56.8 Å². The summed E-state index contributed by atoms with van der Waals surface area (Å²) in [4.78, 5) is 11.7. The lowest BCUT2D eigenvalue weighted by Crippen LogP contribution is -2.40. The van der Waals surface area contributed by atoms with E-state index in [9.17, 15) is 4.79 Å². The molecule has 0 aromatic heterocycles. The molecule has 4 unspecified atom stereocenters. The molecule has 2 heteroatoms. The van der Waals surface area contributed by atoms with Crippen LogP contribution in [0, 0.1) is 23.7 Å². The fraction of sp³-hybridized carbons (Fsp3) is 0.923. The first-order valence-electron chi connectivity index (χ1n) is 6.54. The normalized spacial score (nSPS) is 40.5. The Morgan fingerprint density at radius 3 is 2.53 bits per heavy atom. The van der Waals surface area contributed by atoms with Gasteiger partial charge in [-0.2, -0.15) is 0 Å². The van der Waals surface area contributed by atoms with Gasteiger partial charge in [-0.25, -0.2) is 0 Å². The van der Waals surface area contributed by atoms with Crippen LogP contribution in [0.3, 0.4) is 0 Å². The number of hydrogen-bond donors (Lipinski definition) is 1. The molecule has 3 saturated carbocycles. The molecule has 3 aliphatic rings. The Hall–Kier alpha value is -0.530. The molecular formula is C13H21NO. The van der Waals surface area contributed by atoms with Crippen molar-refractivity contribution in [1.29, 1.82) is 0 Å². The lowest BCUT2D eigenvalue weighted by molar-refractivity contribution is -0.123. The van der Waals surface area contributed by atoms with Crippen molar-refractivity contribution < 1.29 is 4.79 Å². The zero-order chi connectivity index (χ0) is 10.4. The summed E-state index contributed by atoms with van der Waals surface area (Å²) in [7, 11) is 0. The molecule has 15 heavy (non-hydrogen) atoms. The molecule has 4 atom stereocenters. The fourth-order valence-corrected chi connectivity index (χ4v) is 3.70. The summed E-state index contributed by atoms with van der Waals surface area (Å²) in [5, 5.41) is 3.23. The lowest BCUT2D eigenvalue weighted by atomic mass is 9.84. The minimum atomic E-state index is 0.324. The van der Waals surface area contributed by atoms with E-state index < -0.39 is 0 Å². The zero-order valence-corrected chi connectivity index (χ0v) is 9.54. The van der Waals surface area contributed by atoms with Gasteiger partial charge >= 0.3 is 0 Å². The summed E-state index contributed by atoms with van der Waals surface area (Å²) >= 11 is 0. The summed E-state index contributed by atoms with van der Waals surface area (Å²) in [5.41, 5.74) is 0. The number of nitrogens with one attached hydrogen (secondary N) is 1. The van der Waals surface area contributed by atoms with E-state index in [1.165, 1.54) is 25.7 Å². The second-order valence-electron chi connectivity index (χ2n) is 5.91. The van der Waals surface area contributed by atoms with Crippen LogP contribution in [0.25, 0.3) is 0 Å².